The molecule has 0 aromatic carbocycles. The average Bonchev–Trinajstić information content (AvgIpc) is 2.51. The summed E-state index contributed by atoms with van der Waals surface area (Å²) in [5.74, 6) is 0. The van der Waals surface area contributed by atoms with Crippen LogP contribution in [0.25, 0.3) is 0 Å². The van der Waals surface area contributed by atoms with Crippen molar-refractivity contribution >= 4 is 0 Å². The van der Waals surface area contributed by atoms with Gasteiger partial charge in [-0.3, -0.25) is 4.68 Å². The van der Waals surface area contributed by atoms with Gasteiger partial charge in [-0.2, -0.15) is 5.10 Å². The molecule has 80 valence electrons. The molecule has 0 radical (unpaired) electrons. The Kier molecular flexibility index (Phi) is 4.10. The second-order valence-corrected chi connectivity index (χ2v) is 3.76. The van der Waals surface area contributed by atoms with Crippen LogP contribution < -0.4 is 5.32 Å². The third kappa shape index (κ3) is 3.47. The van der Waals surface area contributed by atoms with Crippen molar-refractivity contribution in [2.75, 3.05) is 6.54 Å². The van der Waals surface area contributed by atoms with Gasteiger partial charge in [-0.15, -0.1) is 0 Å². The maximum Gasteiger partial charge on any atom is 0.0662 e. The van der Waals surface area contributed by atoms with E-state index in [1.165, 1.54) is 5.56 Å². The molecule has 2 unspecified atom stereocenters. The predicted octanol–water partition coefficient (Wildman–Crippen LogP) is 0.550. The van der Waals surface area contributed by atoms with Gasteiger partial charge in [0.05, 0.1) is 18.8 Å². The highest BCUT2D eigenvalue weighted by atomic mass is 16.3. The van der Waals surface area contributed by atoms with Crippen LogP contribution in [0.3, 0.4) is 0 Å². The Hall–Kier alpha value is -0.870. The SMILES string of the molecule is Cc1cnn(CCNC(C)C(C)O)c1. The molecular weight excluding hydrogens is 178 g/mol. The molecule has 0 aliphatic carbocycles. The molecule has 0 aliphatic heterocycles. The Labute approximate surface area is 84.9 Å². The number of aliphatic hydroxyl groups excluding tert-OH is 1. The summed E-state index contributed by atoms with van der Waals surface area (Å²) >= 11 is 0. The van der Waals surface area contributed by atoms with E-state index in [1.807, 2.05) is 30.9 Å². The normalized spacial score (nSPS) is 15.4. The van der Waals surface area contributed by atoms with E-state index in [2.05, 4.69) is 10.4 Å². The van der Waals surface area contributed by atoms with Crippen molar-refractivity contribution in [3.63, 3.8) is 0 Å². The van der Waals surface area contributed by atoms with Crippen molar-refractivity contribution in [1.29, 1.82) is 0 Å². The van der Waals surface area contributed by atoms with Crippen LogP contribution in [0.5, 0.6) is 0 Å². The average molecular weight is 197 g/mol. The number of aryl methyl sites for hydroxylation is 1. The monoisotopic (exact) mass is 197 g/mol. The van der Waals surface area contributed by atoms with Gasteiger partial charge in [-0.1, -0.05) is 0 Å². The highest BCUT2D eigenvalue weighted by Gasteiger charge is 2.06. The summed E-state index contributed by atoms with van der Waals surface area (Å²) in [6, 6.07) is 0.131. The van der Waals surface area contributed by atoms with E-state index in [0.717, 1.165) is 13.1 Å². The molecule has 0 bridgehead atoms. The van der Waals surface area contributed by atoms with Gasteiger partial charge in [-0.25, -0.2) is 0 Å². The van der Waals surface area contributed by atoms with Crippen LogP contribution in [0.15, 0.2) is 12.4 Å². The first-order chi connectivity index (χ1) is 6.59. The van der Waals surface area contributed by atoms with Crippen LogP contribution in [0.1, 0.15) is 19.4 Å². The van der Waals surface area contributed by atoms with Crippen molar-refractivity contribution in [2.45, 2.75) is 39.5 Å². The van der Waals surface area contributed by atoms with Crippen molar-refractivity contribution in [2.24, 2.45) is 0 Å². The van der Waals surface area contributed by atoms with Crippen LogP contribution in [-0.2, 0) is 6.54 Å². The molecule has 0 spiro atoms. The number of hydrogen-bond donors (Lipinski definition) is 2. The molecule has 0 aliphatic rings. The van der Waals surface area contributed by atoms with Crippen LogP contribution in [-0.4, -0.2) is 33.6 Å². The van der Waals surface area contributed by atoms with Crippen LogP contribution in [0.2, 0.25) is 0 Å². The summed E-state index contributed by atoms with van der Waals surface area (Å²) in [7, 11) is 0. The number of nitrogens with one attached hydrogen (secondary N) is 1. The zero-order valence-electron chi connectivity index (χ0n) is 9.07. The minimum Gasteiger partial charge on any atom is -0.392 e. The van der Waals surface area contributed by atoms with Gasteiger partial charge in [0.2, 0.25) is 0 Å². The molecule has 0 saturated heterocycles. The third-order valence-corrected chi connectivity index (χ3v) is 2.29. The second kappa shape index (κ2) is 5.12. The first kappa shape index (κ1) is 11.2. The fourth-order valence-electron chi connectivity index (χ4n) is 1.17. The van der Waals surface area contributed by atoms with E-state index in [-0.39, 0.29) is 12.1 Å². The number of rotatable bonds is 5. The highest BCUT2D eigenvalue weighted by molar-refractivity contribution is 4.99. The first-order valence-corrected chi connectivity index (χ1v) is 5.00. The quantitative estimate of drug-likeness (QED) is 0.725. The standard InChI is InChI=1S/C10H19N3O/c1-8-6-12-13(7-8)5-4-11-9(2)10(3)14/h6-7,9-11,14H,4-5H2,1-3H3. The van der Waals surface area contributed by atoms with E-state index >= 15 is 0 Å². The number of hydrogen-bond acceptors (Lipinski definition) is 3. The summed E-state index contributed by atoms with van der Waals surface area (Å²) in [4.78, 5) is 0. The first-order valence-electron chi connectivity index (χ1n) is 5.00. The fraction of sp³-hybridized carbons (Fsp3) is 0.700. The summed E-state index contributed by atoms with van der Waals surface area (Å²) in [5.41, 5.74) is 1.17. The lowest BCUT2D eigenvalue weighted by molar-refractivity contribution is 0.152. The molecule has 0 amide bonds. The van der Waals surface area contributed by atoms with Crippen LogP contribution in [0, 0.1) is 6.92 Å². The highest BCUT2D eigenvalue weighted by Crippen LogP contribution is 1.94. The van der Waals surface area contributed by atoms with E-state index in [4.69, 9.17) is 0 Å². The predicted molar refractivity (Wildman–Crippen MR) is 56.1 cm³/mol. The van der Waals surface area contributed by atoms with E-state index in [0.29, 0.717) is 0 Å². The van der Waals surface area contributed by atoms with Gasteiger partial charge in [-0.05, 0) is 26.3 Å². The minimum absolute atomic E-state index is 0.131. The molecular formula is C10H19N3O. The topological polar surface area (TPSA) is 50.1 Å². The molecule has 1 aromatic rings. The Bertz CT molecular complexity index is 270. The zero-order valence-corrected chi connectivity index (χ0v) is 9.07. The Morgan fingerprint density at radius 3 is 2.79 bits per heavy atom. The van der Waals surface area contributed by atoms with Gasteiger partial charge >= 0.3 is 0 Å². The Balaban J connectivity index is 2.22. The lowest BCUT2D eigenvalue weighted by Gasteiger charge is -2.16. The van der Waals surface area contributed by atoms with Gasteiger partial charge in [0.25, 0.3) is 0 Å². The molecule has 2 N–H and O–H groups in total. The molecule has 0 fully saturated rings. The molecule has 1 heterocycles. The smallest absolute Gasteiger partial charge is 0.0662 e. The van der Waals surface area contributed by atoms with Gasteiger partial charge in [0.1, 0.15) is 0 Å². The molecule has 1 rings (SSSR count). The molecule has 1 aromatic heterocycles. The lowest BCUT2D eigenvalue weighted by atomic mass is 10.2. The van der Waals surface area contributed by atoms with Crippen molar-refractivity contribution in [1.82, 2.24) is 15.1 Å². The molecule has 0 saturated carbocycles. The Morgan fingerprint density at radius 1 is 1.57 bits per heavy atom. The number of nitrogens with zero attached hydrogens (tertiary/aromatic N) is 2. The van der Waals surface area contributed by atoms with E-state index in [1.54, 1.807) is 6.92 Å². The molecule has 2 atom stereocenters. The van der Waals surface area contributed by atoms with Gasteiger partial charge < -0.3 is 10.4 Å². The zero-order chi connectivity index (χ0) is 10.6. The van der Waals surface area contributed by atoms with Crippen molar-refractivity contribution in [3.05, 3.63) is 18.0 Å². The van der Waals surface area contributed by atoms with E-state index < -0.39 is 0 Å². The molecule has 4 nitrogen and oxygen atoms in total. The summed E-state index contributed by atoms with van der Waals surface area (Å²) < 4.78 is 1.90. The summed E-state index contributed by atoms with van der Waals surface area (Å²) in [5, 5.41) is 16.6. The fourth-order valence-corrected chi connectivity index (χ4v) is 1.17. The lowest BCUT2D eigenvalue weighted by Crippen LogP contribution is -2.37. The summed E-state index contributed by atoms with van der Waals surface area (Å²) in [6.07, 6.45) is 3.54. The maximum atomic E-state index is 9.24. The largest absolute Gasteiger partial charge is 0.392 e. The minimum atomic E-state index is -0.311. The van der Waals surface area contributed by atoms with Crippen molar-refractivity contribution < 1.29 is 5.11 Å². The Morgan fingerprint density at radius 2 is 2.29 bits per heavy atom. The van der Waals surface area contributed by atoms with Crippen LogP contribution in [0.4, 0.5) is 0 Å². The van der Waals surface area contributed by atoms with Gasteiger partial charge in [0, 0.05) is 18.8 Å². The second-order valence-electron chi connectivity index (χ2n) is 3.76. The number of aliphatic hydroxyl groups is 1. The molecule has 4 heteroatoms. The number of aromatic nitrogens is 2. The third-order valence-electron chi connectivity index (χ3n) is 2.29. The maximum absolute atomic E-state index is 9.24. The summed E-state index contributed by atoms with van der Waals surface area (Å²) in [6.45, 7) is 7.45. The van der Waals surface area contributed by atoms with Gasteiger partial charge in [0.15, 0.2) is 0 Å². The molecule has 14 heavy (non-hydrogen) atoms. The van der Waals surface area contributed by atoms with Crippen molar-refractivity contribution in [3.8, 4) is 0 Å². The van der Waals surface area contributed by atoms with E-state index in [9.17, 15) is 5.11 Å². The van der Waals surface area contributed by atoms with Crippen LogP contribution >= 0.6 is 0 Å².